The van der Waals surface area contributed by atoms with Gasteiger partial charge in [0.2, 0.25) is 0 Å². The predicted octanol–water partition coefficient (Wildman–Crippen LogP) is 1.21. The molecule has 0 aromatic heterocycles. The molecule has 0 bridgehead atoms. The van der Waals surface area contributed by atoms with Gasteiger partial charge >= 0.3 is 0 Å². The van der Waals surface area contributed by atoms with Crippen molar-refractivity contribution in [2.75, 3.05) is 13.6 Å². The molecular weight excluding hydrogens is 148 g/mol. The molecule has 0 saturated carbocycles. The Balaban J connectivity index is 2.68. The number of aryl methyl sites for hydroxylation is 1. The topological polar surface area (TPSA) is 38.0 Å². The molecule has 0 aliphatic heterocycles. The molecular formula is C10H16N2. The predicted molar refractivity (Wildman–Crippen MR) is 52.0 cm³/mol. The molecule has 2 nitrogen and oxygen atoms in total. The van der Waals surface area contributed by atoms with Gasteiger partial charge in [0.25, 0.3) is 0 Å². The molecule has 0 heterocycles. The Hall–Kier alpha value is -0.860. The maximum Gasteiger partial charge on any atom is 0.0421 e. The van der Waals surface area contributed by atoms with E-state index in [1.54, 1.807) is 0 Å². The molecule has 0 radical (unpaired) electrons. The number of likely N-dealkylation sites (N-methyl/N-ethyl adjacent to an activating group) is 1. The van der Waals surface area contributed by atoms with E-state index in [1.165, 1.54) is 11.1 Å². The van der Waals surface area contributed by atoms with E-state index in [9.17, 15) is 0 Å². The first-order valence-corrected chi connectivity index (χ1v) is 4.21. The van der Waals surface area contributed by atoms with E-state index in [0.29, 0.717) is 0 Å². The number of nitrogens with two attached hydrogens (primary N) is 1. The lowest BCUT2D eigenvalue weighted by atomic mass is 10.1. The second-order valence-electron chi connectivity index (χ2n) is 3.07. The maximum absolute atomic E-state index is 5.89. The van der Waals surface area contributed by atoms with Crippen molar-refractivity contribution in [3.05, 3.63) is 35.4 Å². The Kier molecular flexibility index (Phi) is 3.26. The van der Waals surface area contributed by atoms with Crippen LogP contribution in [-0.4, -0.2) is 13.6 Å². The fourth-order valence-corrected chi connectivity index (χ4v) is 1.15. The van der Waals surface area contributed by atoms with E-state index in [-0.39, 0.29) is 6.04 Å². The van der Waals surface area contributed by atoms with Crippen LogP contribution in [0.5, 0.6) is 0 Å². The van der Waals surface area contributed by atoms with E-state index >= 15 is 0 Å². The molecule has 1 atom stereocenters. The average molecular weight is 164 g/mol. The Morgan fingerprint density at radius 1 is 1.33 bits per heavy atom. The standard InChI is InChI=1S/C10H16N2/c1-8-3-5-9(6-4-8)10(11)7-12-2/h3-6,10,12H,7,11H2,1-2H3. The third-order valence-electron chi connectivity index (χ3n) is 1.93. The van der Waals surface area contributed by atoms with Crippen molar-refractivity contribution in [2.45, 2.75) is 13.0 Å². The van der Waals surface area contributed by atoms with Gasteiger partial charge < -0.3 is 11.1 Å². The highest BCUT2D eigenvalue weighted by atomic mass is 14.9. The lowest BCUT2D eigenvalue weighted by Crippen LogP contribution is -2.23. The summed E-state index contributed by atoms with van der Waals surface area (Å²) in [6, 6.07) is 8.44. The number of benzene rings is 1. The van der Waals surface area contributed by atoms with E-state index in [0.717, 1.165) is 6.54 Å². The molecule has 12 heavy (non-hydrogen) atoms. The van der Waals surface area contributed by atoms with Gasteiger partial charge in [0.15, 0.2) is 0 Å². The summed E-state index contributed by atoms with van der Waals surface area (Å²) in [4.78, 5) is 0. The van der Waals surface area contributed by atoms with Gasteiger partial charge in [0.05, 0.1) is 0 Å². The second-order valence-corrected chi connectivity index (χ2v) is 3.07. The van der Waals surface area contributed by atoms with Gasteiger partial charge in [-0.05, 0) is 19.5 Å². The van der Waals surface area contributed by atoms with Gasteiger partial charge in [0.1, 0.15) is 0 Å². The molecule has 0 aliphatic carbocycles. The summed E-state index contributed by atoms with van der Waals surface area (Å²) in [5, 5.41) is 3.06. The van der Waals surface area contributed by atoms with Crippen molar-refractivity contribution in [3.63, 3.8) is 0 Å². The van der Waals surface area contributed by atoms with E-state index in [1.807, 2.05) is 7.05 Å². The minimum Gasteiger partial charge on any atom is -0.323 e. The van der Waals surface area contributed by atoms with Crippen LogP contribution < -0.4 is 11.1 Å². The number of hydrogen-bond acceptors (Lipinski definition) is 2. The Morgan fingerprint density at radius 3 is 2.42 bits per heavy atom. The van der Waals surface area contributed by atoms with Crippen molar-refractivity contribution in [2.24, 2.45) is 5.73 Å². The van der Waals surface area contributed by atoms with Crippen LogP contribution in [0.2, 0.25) is 0 Å². The minimum atomic E-state index is 0.107. The molecule has 2 heteroatoms. The van der Waals surface area contributed by atoms with E-state index in [2.05, 4.69) is 36.5 Å². The molecule has 1 unspecified atom stereocenters. The molecule has 0 saturated heterocycles. The Morgan fingerprint density at radius 2 is 1.92 bits per heavy atom. The molecule has 0 amide bonds. The van der Waals surface area contributed by atoms with Gasteiger partial charge in [-0.1, -0.05) is 29.8 Å². The second kappa shape index (κ2) is 4.24. The summed E-state index contributed by atoms with van der Waals surface area (Å²) < 4.78 is 0. The first kappa shape index (κ1) is 9.23. The van der Waals surface area contributed by atoms with Crippen molar-refractivity contribution in [3.8, 4) is 0 Å². The van der Waals surface area contributed by atoms with Crippen LogP contribution in [-0.2, 0) is 0 Å². The molecule has 1 aromatic carbocycles. The lowest BCUT2D eigenvalue weighted by molar-refractivity contribution is 0.653. The summed E-state index contributed by atoms with van der Waals surface area (Å²) in [6.45, 7) is 2.90. The molecule has 3 N–H and O–H groups in total. The van der Waals surface area contributed by atoms with Crippen LogP contribution in [0.15, 0.2) is 24.3 Å². The largest absolute Gasteiger partial charge is 0.323 e. The molecule has 0 aliphatic rings. The lowest BCUT2D eigenvalue weighted by Gasteiger charge is -2.10. The summed E-state index contributed by atoms with van der Waals surface area (Å²) >= 11 is 0. The van der Waals surface area contributed by atoms with Gasteiger partial charge in [-0.25, -0.2) is 0 Å². The third-order valence-corrected chi connectivity index (χ3v) is 1.93. The fourth-order valence-electron chi connectivity index (χ4n) is 1.15. The summed E-state index contributed by atoms with van der Waals surface area (Å²) in [5.74, 6) is 0. The molecule has 0 fully saturated rings. The first-order chi connectivity index (χ1) is 5.74. The van der Waals surface area contributed by atoms with Crippen LogP contribution in [0.25, 0.3) is 0 Å². The highest BCUT2D eigenvalue weighted by Gasteiger charge is 2.02. The summed E-state index contributed by atoms with van der Waals surface area (Å²) in [5.41, 5.74) is 8.36. The Labute approximate surface area is 73.8 Å². The number of rotatable bonds is 3. The van der Waals surface area contributed by atoms with Crippen molar-refractivity contribution < 1.29 is 0 Å². The van der Waals surface area contributed by atoms with Gasteiger partial charge in [-0.2, -0.15) is 0 Å². The average Bonchev–Trinajstić information content (AvgIpc) is 2.06. The molecule has 66 valence electrons. The van der Waals surface area contributed by atoms with Gasteiger partial charge in [-0.15, -0.1) is 0 Å². The van der Waals surface area contributed by atoms with Crippen LogP contribution in [0.3, 0.4) is 0 Å². The van der Waals surface area contributed by atoms with E-state index in [4.69, 9.17) is 5.73 Å². The molecule has 1 rings (SSSR count). The zero-order chi connectivity index (χ0) is 8.97. The fraction of sp³-hybridized carbons (Fsp3) is 0.400. The van der Waals surface area contributed by atoms with Crippen molar-refractivity contribution in [1.82, 2.24) is 5.32 Å². The summed E-state index contributed by atoms with van der Waals surface area (Å²) in [7, 11) is 1.91. The monoisotopic (exact) mass is 164 g/mol. The highest BCUT2D eigenvalue weighted by molar-refractivity contribution is 5.23. The van der Waals surface area contributed by atoms with Gasteiger partial charge in [-0.3, -0.25) is 0 Å². The van der Waals surface area contributed by atoms with Gasteiger partial charge in [0, 0.05) is 12.6 Å². The number of hydrogen-bond donors (Lipinski definition) is 2. The quantitative estimate of drug-likeness (QED) is 0.704. The SMILES string of the molecule is CNCC(N)c1ccc(C)cc1. The smallest absolute Gasteiger partial charge is 0.0421 e. The van der Waals surface area contributed by atoms with Crippen LogP contribution in [0, 0.1) is 6.92 Å². The van der Waals surface area contributed by atoms with Crippen LogP contribution in [0.1, 0.15) is 17.2 Å². The minimum absolute atomic E-state index is 0.107. The Bertz CT molecular complexity index is 228. The first-order valence-electron chi connectivity index (χ1n) is 4.21. The highest BCUT2D eigenvalue weighted by Crippen LogP contribution is 2.09. The summed E-state index contributed by atoms with van der Waals surface area (Å²) in [6.07, 6.45) is 0. The zero-order valence-corrected chi connectivity index (χ0v) is 7.67. The molecule has 0 spiro atoms. The van der Waals surface area contributed by atoms with E-state index < -0.39 is 0 Å². The van der Waals surface area contributed by atoms with Crippen molar-refractivity contribution in [1.29, 1.82) is 0 Å². The normalized spacial score (nSPS) is 12.9. The third kappa shape index (κ3) is 2.32. The van der Waals surface area contributed by atoms with Crippen molar-refractivity contribution >= 4 is 0 Å². The molecule has 1 aromatic rings. The number of nitrogens with one attached hydrogen (secondary N) is 1. The van der Waals surface area contributed by atoms with Crippen LogP contribution >= 0.6 is 0 Å². The zero-order valence-electron chi connectivity index (χ0n) is 7.67. The maximum atomic E-state index is 5.89. The van der Waals surface area contributed by atoms with Crippen LogP contribution in [0.4, 0.5) is 0 Å².